The summed E-state index contributed by atoms with van der Waals surface area (Å²) in [4.78, 5) is 32.7. The van der Waals surface area contributed by atoms with Crippen molar-refractivity contribution >= 4 is 23.5 Å². The molecule has 0 aliphatic carbocycles. The number of carbonyl (C=O) groups is 3. The molecule has 19 heavy (non-hydrogen) atoms. The first kappa shape index (κ1) is 14.3. The number of amides is 4. The summed E-state index contributed by atoms with van der Waals surface area (Å²) >= 11 is 0. The van der Waals surface area contributed by atoms with Crippen LogP contribution in [0.1, 0.15) is 5.56 Å². The Kier molecular flexibility index (Phi) is 4.69. The van der Waals surface area contributed by atoms with Gasteiger partial charge in [0.1, 0.15) is 5.75 Å². The molecule has 8 heteroatoms. The van der Waals surface area contributed by atoms with Gasteiger partial charge in [0, 0.05) is 0 Å². The van der Waals surface area contributed by atoms with E-state index in [1.807, 2.05) is 23.8 Å². The number of hydrogen-bond donors (Lipinski definition) is 4. The minimum atomic E-state index is -1.20. The molecule has 1 rings (SSSR count). The normalized spacial score (nSPS) is 9.37. The van der Waals surface area contributed by atoms with E-state index in [0.29, 0.717) is 11.4 Å². The molecule has 0 aliphatic rings. The van der Waals surface area contributed by atoms with E-state index in [1.165, 1.54) is 7.11 Å². The van der Waals surface area contributed by atoms with Gasteiger partial charge < -0.3 is 15.8 Å². The highest BCUT2D eigenvalue weighted by Gasteiger charge is 2.11. The van der Waals surface area contributed by atoms with Gasteiger partial charge in [0.15, 0.2) is 0 Å². The Labute approximate surface area is 109 Å². The fourth-order valence-corrected chi connectivity index (χ4v) is 1.25. The molecule has 8 nitrogen and oxygen atoms in total. The summed E-state index contributed by atoms with van der Waals surface area (Å²) in [5.74, 6) is -1.86. The number of hydrazine groups is 1. The third-order valence-corrected chi connectivity index (χ3v) is 2.12. The average molecular weight is 266 g/mol. The summed E-state index contributed by atoms with van der Waals surface area (Å²) < 4.78 is 5.06. The van der Waals surface area contributed by atoms with Crippen LogP contribution in [-0.4, -0.2) is 25.0 Å². The van der Waals surface area contributed by atoms with Crippen molar-refractivity contribution in [3.63, 3.8) is 0 Å². The van der Waals surface area contributed by atoms with Crippen LogP contribution in [0.4, 0.5) is 10.5 Å². The van der Waals surface area contributed by atoms with Gasteiger partial charge in [0.25, 0.3) is 0 Å². The van der Waals surface area contributed by atoms with E-state index in [9.17, 15) is 14.4 Å². The minimum Gasteiger partial charge on any atom is -0.495 e. The predicted octanol–water partition coefficient (Wildman–Crippen LogP) is -0.358. The highest BCUT2D eigenvalue weighted by Crippen LogP contribution is 2.24. The monoisotopic (exact) mass is 266 g/mol. The molecule has 1 aromatic rings. The summed E-state index contributed by atoms with van der Waals surface area (Å²) in [5.41, 5.74) is 9.85. The SMILES string of the molecule is COc1ccc(C)cc1NC(=O)NNC(=O)C(N)=O. The maximum absolute atomic E-state index is 11.5. The Morgan fingerprint density at radius 2 is 1.89 bits per heavy atom. The molecule has 0 fully saturated rings. The Bertz CT molecular complexity index is 515. The number of aryl methyl sites for hydroxylation is 1. The number of hydrogen-bond acceptors (Lipinski definition) is 4. The number of nitrogens with one attached hydrogen (secondary N) is 3. The predicted molar refractivity (Wildman–Crippen MR) is 67.2 cm³/mol. The van der Waals surface area contributed by atoms with Crippen molar-refractivity contribution in [1.82, 2.24) is 10.9 Å². The average Bonchev–Trinajstić information content (AvgIpc) is 2.36. The van der Waals surface area contributed by atoms with E-state index in [-0.39, 0.29) is 0 Å². The molecule has 0 heterocycles. The van der Waals surface area contributed by atoms with Gasteiger partial charge in [0.2, 0.25) is 0 Å². The van der Waals surface area contributed by atoms with E-state index in [1.54, 1.807) is 12.1 Å². The lowest BCUT2D eigenvalue weighted by Gasteiger charge is -2.11. The Morgan fingerprint density at radius 1 is 1.21 bits per heavy atom. The molecule has 0 aliphatic heterocycles. The smallest absolute Gasteiger partial charge is 0.338 e. The van der Waals surface area contributed by atoms with Crippen LogP contribution in [-0.2, 0) is 9.59 Å². The molecule has 0 saturated carbocycles. The molecule has 0 atom stereocenters. The van der Waals surface area contributed by atoms with Gasteiger partial charge in [-0.2, -0.15) is 0 Å². The molecule has 0 spiro atoms. The fraction of sp³-hybridized carbons (Fsp3) is 0.182. The number of urea groups is 1. The van der Waals surface area contributed by atoms with Crippen LogP contribution in [0.25, 0.3) is 0 Å². The number of carbonyl (C=O) groups excluding carboxylic acids is 3. The second kappa shape index (κ2) is 6.24. The summed E-state index contributed by atoms with van der Waals surface area (Å²) in [5, 5.41) is 2.45. The minimum absolute atomic E-state index is 0.424. The van der Waals surface area contributed by atoms with E-state index in [2.05, 4.69) is 5.32 Å². The number of ether oxygens (including phenoxy) is 1. The van der Waals surface area contributed by atoms with Crippen LogP contribution in [0, 0.1) is 6.92 Å². The van der Waals surface area contributed by atoms with Crippen molar-refractivity contribution in [1.29, 1.82) is 0 Å². The van der Waals surface area contributed by atoms with Gasteiger partial charge in [-0.1, -0.05) is 6.07 Å². The Balaban J connectivity index is 2.64. The zero-order valence-electron chi connectivity index (χ0n) is 10.4. The summed E-state index contributed by atoms with van der Waals surface area (Å²) in [6.07, 6.45) is 0. The van der Waals surface area contributed by atoms with Gasteiger partial charge >= 0.3 is 17.8 Å². The topological polar surface area (TPSA) is 123 Å². The Morgan fingerprint density at radius 3 is 2.47 bits per heavy atom. The van der Waals surface area contributed by atoms with Crippen LogP contribution < -0.4 is 26.6 Å². The van der Waals surface area contributed by atoms with Gasteiger partial charge in [-0.25, -0.2) is 10.2 Å². The third-order valence-electron chi connectivity index (χ3n) is 2.12. The molecule has 0 saturated heterocycles. The van der Waals surface area contributed by atoms with Crippen LogP contribution in [0.15, 0.2) is 18.2 Å². The molecule has 5 N–H and O–H groups in total. The van der Waals surface area contributed by atoms with Crippen molar-refractivity contribution in [2.75, 3.05) is 12.4 Å². The van der Waals surface area contributed by atoms with Crippen molar-refractivity contribution in [2.24, 2.45) is 5.73 Å². The highest BCUT2D eigenvalue weighted by molar-refractivity contribution is 6.34. The van der Waals surface area contributed by atoms with Crippen LogP contribution in [0.2, 0.25) is 0 Å². The molecule has 102 valence electrons. The van der Waals surface area contributed by atoms with Crippen LogP contribution in [0.5, 0.6) is 5.75 Å². The zero-order chi connectivity index (χ0) is 14.4. The van der Waals surface area contributed by atoms with Crippen molar-refractivity contribution in [3.05, 3.63) is 23.8 Å². The maximum atomic E-state index is 11.5. The number of nitrogens with two attached hydrogens (primary N) is 1. The lowest BCUT2D eigenvalue weighted by atomic mass is 10.2. The second-order valence-corrected chi connectivity index (χ2v) is 3.60. The van der Waals surface area contributed by atoms with E-state index < -0.39 is 17.8 Å². The van der Waals surface area contributed by atoms with Crippen molar-refractivity contribution in [2.45, 2.75) is 6.92 Å². The quantitative estimate of drug-likeness (QED) is 0.431. The highest BCUT2D eigenvalue weighted by atomic mass is 16.5. The van der Waals surface area contributed by atoms with Crippen molar-refractivity contribution < 1.29 is 19.1 Å². The second-order valence-electron chi connectivity index (χ2n) is 3.60. The van der Waals surface area contributed by atoms with Gasteiger partial charge in [-0.3, -0.25) is 15.0 Å². The zero-order valence-corrected chi connectivity index (χ0v) is 10.4. The van der Waals surface area contributed by atoms with Gasteiger partial charge in [-0.15, -0.1) is 0 Å². The van der Waals surface area contributed by atoms with Gasteiger partial charge in [0.05, 0.1) is 12.8 Å². The summed E-state index contributed by atoms with van der Waals surface area (Å²) in [6.45, 7) is 1.84. The van der Waals surface area contributed by atoms with Gasteiger partial charge in [-0.05, 0) is 24.6 Å². The maximum Gasteiger partial charge on any atom is 0.338 e. The number of benzene rings is 1. The first-order valence-electron chi connectivity index (χ1n) is 5.25. The molecule has 0 radical (unpaired) electrons. The third kappa shape index (κ3) is 4.19. The van der Waals surface area contributed by atoms with Crippen LogP contribution >= 0.6 is 0 Å². The molecular formula is C11H14N4O4. The molecular weight excluding hydrogens is 252 g/mol. The number of methoxy groups -OCH3 is 1. The van der Waals surface area contributed by atoms with Crippen molar-refractivity contribution in [3.8, 4) is 5.75 Å². The largest absolute Gasteiger partial charge is 0.495 e. The number of rotatable bonds is 2. The molecule has 0 bridgehead atoms. The number of primary amides is 1. The van der Waals surface area contributed by atoms with E-state index >= 15 is 0 Å². The summed E-state index contributed by atoms with van der Waals surface area (Å²) in [6, 6.07) is 4.45. The first-order chi connectivity index (χ1) is 8.93. The molecule has 0 aromatic heterocycles. The molecule has 4 amide bonds. The standard InChI is InChI=1S/C11H14N4O4/c1-6-3-4-8(19-2)7(5-6)13-11(18)15-14-10(17)9(12)16/h3-5H,1-2H3,(H2,12,16)(H,14,17)(H2,13,15,18). The molecule has 0 unspecified atom stereocenters. The van der Waals surface area contributed by atoms with E-state index in [0.717, 1.165) is 5.56 Å². The lowest BCUT2D eigenvalue weighted by Crippen LogP contribution is -2.48. The lowest BCUT2D eigenvalue weighted by molar-refractivity contribution is -0.137. The molecule has 1 aromatic carbocycles. The fourth-order valence-electron chi connectivity index (χ4n) is 1.25. The first-order valence-corrected chi connectivity index (χ1v) is 5.25. The van der Waals surface area contributed by atoms with E-state index in [4.69, 9.17) is 10.5 Å². The van der Waals surface area contributed by atoms with Crippen LogP contribution in [0.3, 0.4) is 0 Å². The summed E-state index contributed by atoms with van der Waals surface area (Å²) in [7, 11) is 1.46. The Hall–Kier alpha value is -2.77. The number of anilines is 1.